The molecule has 0 aliphatic rings. The Bertz CT molecular complexity index is 558. The summed E-state index contributed by atoms with van der Waals surface area (Å²) in [6, 6.07) is 8.08. The summed E-state index contributed by atoms with van der Waals surface area (Å²) in [6.45, 7) is 9.85. The lowest BCUT2D eigenvalue weighted by atomic mass is 10.1. The van der Waals surface area contributed by atoms with Crippen LogP contribution in [0.2, 0.25) is 0 Å². The number of ether oxygens (including phenoxy) is 1. The molecule has 0 amide bonds. The summed E-state index contributed by atoms with van der Waals surface area (Å²) < 4.78 is 5.76. The summed E-state index contributed by atoms with van der Waals surface area (Å²) >= 11 is 1.67. The molecule has 2 aromatic rings. The fourth-order valence-electron chi connectivity index (χ4n) is 1.70. The molecule has 20 heavy (non-hydrogen) atoms. The minimum Gasteiger partial charge on any atom is -0.487 e. The fourth-order valence-corrected chi connectivity index (χ4v) is 2.42. The van der Waals surface area contributed by atoms with Gasteiger partial charge in [-0.3, -0.25) is 0 Å². The lowest BCUT2D eigenvalue weighted by Crippen LogP contribution is -2.35. The van der Waals surface area contributed by atoms with Crippen molar-refractivity contribution in [2.45, 2.75) is 46.4 Å². The van der Waals surface area contributed by atoms with Gasteiger partial charge in [0.1, 0.15) is 17.4 Å². The van der Waals surface area contributed by atoms with Crippen LogP contribution in [0.5, 0.6) is 5.75 Å². The highest BCUT2D eigenvalue weighted by Crippen LogP contribution is 2.16. The molecule has 1 aromatic carbocycles. The van der Waals surface area contributed by atoms with Gasteiger partial charge in [0.15, 0.2) is 0 Å². The summed E-state index contributed by atoms with van der Waals surface area (Å²) in [4.78, 5) is 4.58. The van der Waals surface area contributed by atoms with Gasteiger partial charge in [0, 0.05) is 17.5 Å². The highest BCUT2D eigenvalue weighted by atomic mass is 32.1. The maximum absolute atomic E-state index is 5.76. The molecular formula is C16H22N2OS. The van der Waals surface area contributed by atoms with E-state index < -0.39 is 0 Å². The zero-order chi connectivity index (χ0) is 14.6. The third kappa shape index (κ3) is 4.94. The van der Waals surface area contributed by atoms with Crippen LogP contribution in [-0.4, -0.2) is 10.5 Å². The Labute approximate surface area is 125 Å². The fraction of sp³-hybridized carbons (Fsp3) is 0.438. The summed E-state index contributed by atoms with van der Waals surface area (Å²) in [6.07, 6.45) is 0. The standard InChI is InChI=1S/C16H22N2OS/c1-12-6-5-7-14(8-12)19-10-13-11-20-15(18-13)9-17-16(2,3)4/h5-8,11,17H,9-10H2,1-4H3. The van der Waals surface area contributed by atoms with Crippen molar-refractivity contribution in [2.24, 2.45) is 0 Å². The molecule has 2 rings (SSSR count). The Balaban J connectivity index is 1.87. The molecule has 0 spiro atoms. The van der Waals surface area contributed by atoms with Crippen LogP contribution in [0.3, 0.4) is 0 Å². The number of hydrogen-bond donors (Lipinski definition) is 1. The average Bonchev–Trinajstić information content (AvgIpc) is 2.81. The van der Waals surface area contributed by atoms with E-state index in [-0.39, 0.29) is 5.54 Å². The zero-order valence-corrected chi connectivity index (χ0v) is 13.4. The van der Waals surface area contributed by atoms with Gasteiger partial charge in [-0.15, -0.1) is 11.3 Å². The van der Waals surface area contributed by atoms with E-state index >= 15 is 0 Å². The number of aryl methyl sites for hydroxylation is 1. The van der Waals surface area contributed by atoms with Gasteiger partial charge in [0.25, 0.3) is 0 Å². The third-order valence-corrected chi connectivity index (χ3v) is 3.64. The van der Waals surface area contributed by atoms with Gasteiger partial charge in [0.2, 0.25) is 0 Å². The lowest BCUT2D eigenvalue weighted by molar-refractivity contribution is 0.301. The van der Waals surface area contributed by atoms with Crippen LogP contribution < -0.4 is 10.1 Å². The van der Waals surface area contributed by atoms with Crippen molar-refractivity contribution in [1.29, 1.82) is 0 Å². The van der Waals surface area contributed by atoms with Crippen molar-refractivity contribution in [1.82, 2.24) is 10.3 Å². The van der Waals surface area contributed by atoms with E-state index in [0.29, 0.717) is 6.61 Å². The van der Waals surface area contributed by atoms with E-state index in [2.05, 4.69) is 49.4 Å². The molecule has 0 radical (unpaired) electrons. The molecule has 0 aliphatic heterocycles. The predicted molar refractivity (Wildman–Crippen MR) is 84.2 cm³/mol. The Hall–Kier alpha value is -1.39. The van der Waals surface area contributed by atoms with Crippen molar-refractivity contribution in [3.8, 4) is 5.75 Å². The second kappa shape index (κ2) is 6.37. The van der Waals surface area contributed by atoms with Gasteiger partial charge >= 0.3 is 0 Å². The molecule has 1 heterocycles. The Kier molecular flexibility index (Phi) is 4.78. The quantitative estimate of drug-likeness (QED) is 0.906. The smallest absolute Gasteiger partial charge is 0.131 e. The van der Waals surface area contributed by atoms with Gasteiger partial charge in [-0.25, -0.2) is 4.98 Å². The summed E-state index contributed by atoms with van der Waals surface area (Å²) in [5, 5.41) is 6.60. The summed E-state index contributed by atoms with van der Waals surface area (Å²) in [7, 11) is 0. The van der Waals surface area contributed by atoms with Crippen LogP contribution >= 0.6 is 11.3 Å². The Morgan fingerprint density at radius 3 is 2.80 bits per heavy atom. The summed E-state index contributed by atoms with van der Waals surface area (Å²) in [5.41, 5.74) is 2.31. The van der Waals surface area contributed by atoms with Crippen molar-refractivity contribution < 1.29 is 4.74 Å². The zero-order valence-electron chi connectivity index (χ0n) is 12.6. The number of rotatable bonds is 5. The molecule has 0 unspecified atom stereocenters. The van der Waals surface area contributed by atoms with Gasteiger partial charge in [-0.05, 0) is 45.4 Å². The first-order chi connectivity index (χ1) is 9.42. The molecule has 0 bridgehead atoms. The highest BCUT2D eigenvalue weighted by molar-refractivity contribution is 7.09. The maximum atomic E-state index is 5.76. The van der Waals surface area contributed by atoms with E-state index in [9.17, 15) is 0 Å². The number of nitrogens with zero attached hydrogens (tertiary/aromatic N) is 1. The first kappa shape index (κ1) is 15.0. The van der Waals surface area contributed by atoms with Crippen molar-refractivity contribution in [2.75, 3.05) is 0 Å². The first-order valence-corrected chi connectivity index (χ1v) is 7.68. The first-order valence-electron chi connectivity index (χ1n) is 6.80. The van der Waals surface area contributed by atoms with Gasteiger partial charge in [0.05, 0.1) is 5.69 Å². The largest absolute Gasteiger partial charge is 0.487 e. The van der Waals surface area contributed by atoms with Crippen molar-refractivity contribution in [3.63, 3.8) is 0 Å². The van der Waals surface area contributed by atoms with Crippen LogP contribution in [0.25, 0.3) is 0 Å². The number of aromatic nitrogens is 1. The van der Waals surface area contributed by atoms with E-state index in [4.69, 9.17) is 4.74 Å². The third-order valence-electron chi connectivity index (χ3n) is 2.75. The molecule has 0 atom stereocenters. The molecule has 0 saturated heterocycles. The van der Waals surface area contributed by atoms with E-state index in [1.165, 1.54) is 5.56 Å². The maximum Gasteiger partial charge on any atom is 0.131 e. The normalized spacial score (nSPS) is 11.6. The lowest BCUT2D eigenvalue weighted by Gasteiger charge is -2.19. The minimum absolute atomic E-state index is 0.115. The van der Waals surface area contributed by atoms with Crippen molar-refractivity contribution >= 4 is 11.3 Å². The van der Waals surface area contributed by atoms with Crippen LogP contribution in [0.1, 0.15) is 37.0 Å². The van der Waals surface area contributed by atoms with Gasteiger partial charge in [-0.2, -0.15) is 0 Å². The molecule has 0 fully saturated rings. The molecular weight excluding hydrogens is 268 g/mol. The average molecular weight is 290 g/mol. The molecule has 3 nitrogen and oxygen atoms in total. The monoisotopic (exact) mass is 290 g/mol. The van der Waals surface area contributed by atoms with E-state index in [1.807, 2.05) is 18.2 Å². The molecule has 0 saturated carbocycles. The van der Waals surface area contributed by atoms with Crippen LogP contribution in [0.4, 0.5) is 0 Å². The second-order valence-electron chi connectivity index (χ2n) is 5.94. The van der Waals surface area contributed by atoms with E-state index in [0.717, 1.165) is 23.0 Å². The highest BCUT2D eigenvalue weighted by Gasteiger charge is 2.10. The van der Waals surface area contributed by atoms with Crippen molar-refractivity contribution in [3.05, 3.63) is 45.9 Å². The SMILES string of the molecule is Cc1cccc(OCc2csc(CNC(C)(C)C)n2)c1. The van der Waals surface area contributed by atoms with Gasteiger partial charge < -0.3 is 10.1 Å². The van der Waals surface area contributed by atoms with Crippen LogP contribution in [0.15, 0.2) is 29.6 Å². The molecule has 0 aliphatic carbocycles. The number of benzene rings is 1. The second-order valence-corrected chi connectivity index (χ2v) is 6.88. The molecule has 1 aromatic heterocycles. The molecule has 1 N–H and O–H groups in total. The van der Waals surface area contributed by atoms with Crippen LogP contribution in [-0.2, 0) is 13.2 Å². The number of nitrogens with one attached hydrogen (secondary N) is 1. The predicted octanol–water partition coefficient (Wildman–Crippen LogP) is 3.92. The van der Waals surface area contributed by atoms with E-state index in [1.54, 1.807) is 11.3 Å². The van der Waals surface area contributed by atoms with Gasteiger partial charge in [-0.1, -0.05) is 12.1 Å². The molecule has 4 heteroatoms. The minimum atomic E-state index is 0.115. The molecule has 108 valence electrons. The topological polar surface area (TPSA) is 34.1 Å². The Morgan fingerprint density at radius 1 is 1.30 bits per heavy atom. The number of thiazole rings is 1. The summed E-state index contributed by atoms with van der Waals surface area (Å²) in [5.74, 6) is 0.896. The Morgan fingerprint density at radius 2 is 2.10 bits per heavy atom. The van der Waals surface area contributed by atoms with Crippen LogP contribution in [0, 0.1) is 6.92 Å². The number of hydrogen-bond acceptors (Lipinski definition) is 4.